The van der Waals surface area contributed by atoms with Crippen LogP contribution in [0.1, 0.15) is 24.8 Å². The van der Waals surface area contributed by atoms with Gasteiger partial charge in [0.15, 0.2) is 6.61 Å². The summed E-state index contributed by atoms with van der Waals surface area (Å²) in [7, 11) is -3.79. The molecule has 2 aromatic rings. The van der Waals surface area contributed by atoms with Crippen molar-refractivity contribution < 1.29 is 22.7 Å². The van der Waals surface area contributed by atoms with Crippen molar-refractivity contribution in [2.45, 2.75) is 24.2 Å². The predicted octanol–water partition coefficient (Wildman–Crippen LogP) is 2.01. The molecule has 0 spiro atoms. The lowest BCUT2D eigenvalue weighted by molar-refractivity contribution is -0.147. The third kappa shape index (κ3) is 5.98. The lowest BCUT2D eigenvalue weighted by Gasteiger charge is -2.11. The summed E-state index contributed by atoms with van der Waals surface area (Å²) in [6.07, 6.45) is 0.167. The number of sulfonamides is 1. The summed E-state index contributed by atoms with van der Waals surface area (Å²) in [5, 5.41) is 7.51. The van der Waals surface area contributed by atoms with Crippen LogP contribution >= 0.6 is 0 Å². The summed E-state index contributed by atoms with van der Waals surface area (Å²) in [4.78, 5) is 23.6. The molecule has 0 aliphatic rings. The smallest absolute Gasteiger partial charge is 0.306 e. The Morgan fingerprint density at radius 1 is 1.08 bits per heavy atom. The summed E-state index contributed by atoms with van der Waals surface area (Å²) in [5.41, 5.74) is 1.39. The van der Waals surface area contributed by atoms with Crippen LogP contribution in [-0.2, 0) is 24.3 Å². The first-order valence-corrected chi connectivity index (χ1v) is 9.43. The molecule has 7 nitrogen and oxygen atoms in total. The Kier molecular flexibility index (Phi) is 6.48. The Bertz CT molecular complexity index is 864. The molecule has 26 heavy (non-hydrogen) atoms. The molecular weight excluding hydrogens is 356 g/mol. The fraction of sp³-hybridized carbons (Fsp3) is 0.222. The number of carbonyl (C=O) groups is 2. The minimum atomic E-state index is -3.79. The number of primary sulfonamides is 1. The summed E-state index contributed by atoms with van der Waals surface area (Å²) < 4.78 is 27.3. The first-order valence-electron chi connectivity index (χ1n) is 7.89. The van der Waals surface area contributed by atoms with Gasteiger partial charge in [-0.15, -0.1) is 0 Å². The number of hydrogen-bond donors (Lipinski definition) is 2. The molecular formula is C18H20N2O5S. The van der Waals surface area contributed by atoms with Gasteiger partial charge in [-0.25, -0.2) is 13.6 Å². The molecule has 0 aliphatic carbocycles. The third-order valence-electron chi connectivity index (χ3n) is 3.67. The summed E-state index contributed by atoms with van der Waals surface area (Å²) in [6.45, 7) is 1.49. The van der Waals surface area contributed by atoms with E-state index >= 15 is 0 Å². The van der Waals surface area contributed by atoms with Crippen LogP contribution < -0.4 is 10.5 Å². The normalized spacial score (nSPS) is 12.2. The van der Waals surface area contributed by atoms with E-state index in [1.54, 1.807) is 0 Å². The van der Waals surface area contributed by atoms with Gasteiger partial charge in [-0.05, 0) is 35.7 Å². The quantitative estimate of drug-likeness (QED) is 0.717. The van der Waals surface area contributed by atoms with Crippen molar-refractivity contribution in [3.8, 4) is 0 Å². The number of rotatable bonds is 7. The number of amides is 1. The van der Waals surface area contributed by atoms with Gasteiger partial charge in [0.05, 0.1) is 11.3 Å². The van der Waals surface area contributed by atoms with Gasteiger partial charge in [0, 0.05) is 5.69 Å². The minimum Gasteiger partial charge on any atom is -0.456 e. The maximum atomic E-state index is 11.9. The summed E-state index contributed by atoms with van der Waals surface area (Å²) in [6, 6.07) is 14.9. The van der Waals surface area contributed by atoms with Crippen molar-refractivity contribution in [1.82, 2.24) is 0 Å². The van der Waals surface area contributed by atoms with E-state index in [2.05, 4.69) is 5.32 Å². The highest BCUT2D eigenvalue weighted by atomic mass is 32.2. The monoisotopic (exact) mass is 376 g/mol. The second kappa shape index (κ2) is 8.59. The van der Waals surface area contributed by atoms with E-state index < -0.39 is 28.5 Å². The average molecular weight is 376 g/mol. The molecule has 0 heterocycles. The van der Waals surface area contributed by atoms with Crippen molar-refractivity contribution >= 4 is 27.6 Å². The molecule has 1 atom stereocenters. The molecule has 3 N–H and O–H groups in total. The Labute approximate surface area is 152 Å². The lowest BCUT2D eigenvalue weighted by Crippen LogP contribution is -2.21. The van der Waals surface area contributed by atoms with Crippen molar-refractivity contribution in [2.24, 2.45) is 5.14 Å². The van der Waals surface area contributed by atoms with E-state index in [9.17, 15) is 18.0 Å². The Hall–Kier alpha value is -2.71. The molecule has 0 aliphatic heterocycles. The van der Waals surface area contributed by atoms with Crippen LogP contribution in [0.3, 0.4) is 0 Å². The largest absolute Gasteiger partial charge is 0.456 e. The zero-order chi connectivity index (χ0) is 19.2. The number of nitrogens with one attached hydrogen (secondary N) is 1. The molecule has 2 rings (SSSR count). The number of nitrogens with two attached hydrogens (primary N) is 1. The number of benzene rings is 2. The Morgan fingerprint density at radius 3 is 2.27 bits per heavy atom. The van der Waals surface area contributed by atoms with E-state index in [1.807, 2.05) is 37.3 Å². The van der Waals surface area contributed by atoms with Gasteiger partial charge in [0.2, 0.25) is 10.0 Å². The molecule has 8 heteroatoms. The van der Waals surface area contributed by atoms with E-state index in [-0.39, 0.29) is 17.2 Å². The second-order valence-corrected chi connectivity index (χ2v) is 7.36. The maximum absolute atomic E-state index is 11.9. The first kappa shape index (κ1) is 19.6. The van der Waals surface area contributed by atoms with Gasteiger partial charge in [-0.1, -0.05) is 37.3 Å². The van der Waals surface area contributed by atoms with Gasteiger partial charge in [0.1, 0.15) is 0 Å². The maximum Gasteiger partial charge on any atom is 0.306 e. The van der Waals surface area contributed by atoms with Crippen LogP contribution in [0, 0.1) is 0 Å². The first-order chi connectivity index (χ1) is 12.3. The van der Waals surface area contributed by atoms with Gasteiger partial charge < -0.3 is 10.1 Å². The number of anilines is 1. The van der Waals surface area contributed by atoms with E-state index in [4.69, 9.17) is 9.88 Å². The topological polar surface area (TPSA) is 116 Å². The third-order valence-corrected chi connectivity index (χ3v) is 4.60. The number of ether oxygens (including phenoxy) is 1. The minimum absolute atomic E-state index is 0.0162. The van der Waals surface area contributed by atoms with Crippen LogP contribution in [0.4, 0.5) is 5.69 Å². The van der Waals surface area contributed by atoms with Gasteiger partial charge in [-0.3, -0.25) is 9.59 Å². The van der Waals surface area contributed by atoms with Crippen molar-refractivity contribution in [2.75, 3.05) is 11.9 Å². The SMILES string of the molecule is C[C@@H](CC(=O)OCC(=O)Nc1ccc(S(N)(=O)=O)cc1)c1ccccc1. The highest BCUT2D eigenvalue weighted by molar-refractivity contribution is 7.89. The Morgan fingerprint density at radius 2 is 1.69 bits per heavy atom. The van der Waals surface area contributed by atoms with E-state index in [1.165, 1.54) is 24.3 Å². The van der Waals surface area contributed by atoms with Crippen LogP contribution in [0.2, 0.25) is 0 Å². The molecule has 0 fully saturated rings. The summed E-state index contributed by atoms with van der Waals surface area (Å²) >= 11 is 0. The van der Waals surface area contributed by atoms with Crippen LogP contribution in [0.15, 0.2) is 59.5 Å². The fourth-order valence-corrected chi connectivity index (χ4v) is 2.79. The van der Waals surface area contributed by atoms with Gasteiger partial charge in [-0.2, -0.15) is 0 Å². The second-order valence-electron chi connectivity index (χ2n) is 5.79. The highest BCUT2D eigenvalue weighted by Gasteiger charge is 2.14. The molecule has 0 aromatic heterocycles. The Balaban J connectivity index is 1.80. The van der Waals surface area contributed by atoms with Crippen molar-refractivity contribution in [3.63, 3.8) is 0 Å². The van der Waals surface area contributed by atoms with E-state index in [0.717, 1.165) is 5.56 Å². The molecule has 2 aromatic carbocycles. The van der Waals surface area contributed by atoms with Crippen LogP contribution in [0.25, 0.3) is 0 Å². The number of carbonyl (C=O) groups excluding carboxylic acids is 2. The van der Waals surface area contributed by atoms with Crippen LogP contribution in [0.5, 0.6) is 0 Å². The molecule has 0 saturated carbocycles. The molecule has 0 bridgehead atoms. The molecule has 0 saturated heterocycles. The zero-order valence-electron chi connectivity index (χ0n) is 14.2. The highest BCUT2D eigenvalue weighted by Crippen LogP contribution is 2.19. The standard InChI is InChI=1S/C18H20N2O5S/c1-13(14-5-3-2-4-6-14)11-18(22)25-12-17(21)20-15-7-9-16(10-8-15)26(19,23)24/h2-10,13H,11-12H2,1H3,(H,20,21)(H2,19,23,24)/t13-/m0/s1. The molecule has 138 valence electrons. The molecule has 0 radical (unpaired) electrons. The summed E-state index contributed by atoms with van der Waals surface area (Å²) in [5.74, 6) is -1.01. The predicted molar refractivity (Wildman–Crippen MR) is 96.9 cm³/mol. The van der Waals surface area contributed by atoms with Gasteiger partial charge >= 0.3 is 5.97 Å². The fourth-order valence-electron chi connectivity index (χ4n) is 2.28. The average Bonchev–Trinajstić information content (AvgIpc) is 2.60. The van der Waals surface area contributed by atoms with Gasteiger partial charge in [0.25, 0.3) is 5.91 Å². The van der Waals surface area contributed by atoms with E-state index in [0.29, 0.717) is 5.69 Å². The number of hydrogen-bond acceptors (Lipinski definition) is 5. The lowest BCUT2D eigenvalue weighted by atomic mass is 9.98. The number of esters is 1. The molecule has 1 amide bonds. The van der Waals surface area contributed by atoms with Crippen LogP contribution in [-0.4, -0.2) is 26.9 Å². The van der Waals surface area contributed by atoms with Crippen molar-refractivity contribution in [3.05, 3.63) is 60.2 Å². The zero-order valence-corrected chi connectivity index (χ0v) is 15.0. The van der Waals surface area contributed by atoms with Crippen molar-refractivity contribution in [1.29, 1.82) is 0 Å². The molecule has 0 unspecified atom stereocenters.